The molecule has 1 saturated heterocycles. The van der Waals surface area contributed by atoms with Crippen molar-refractivity contribution in [1.82, 2.24) is 19.2 Å². The quantitative estimate of drug-likeness (QED) is 0.495. The lowest BCUT2D eigenvalue weighted by Gasteiger charge is -2.40. The molecule has 1 unspecified atom stereocenters. The minimum Gasteiger partial charge on any atom is -0.340 e. The SMILES string of the molecule is O=C(Cc1ccccc1)N1CCN(S(=O)(=O)c2ccccc2)CC1c1nc2ccccc2[nH]1. The second kappa shape index (κ2) is 8.80. The highest BCUT2D eigenvalue weighted by Crippen LogP contribution is 2.29. The lowest BCUT2D eigenvalue weighted by molar-refractivity contribution is -0.135. The van der Waals surface area contributed by atoms with E-state index in [1.807, 2.05) is 54.6 Å². The van der Waals surface area contributed by atoms with Crippen LogP contribution in [0.1, 0.15) is 17.4 Å². The maximum absolute atomic E-state index is 13.3. The summed E-state index contributed by atoms with van der Waals surface area (Å²) >= 11 is 0. The third-order valence-electron chi connectivity index (χ3n) is 5.97. The lowest BCUT2D eigenvalue weighted by Crippen LogP contribution is -2.52. The van der Waals surface area contributed by atoms with Crippen molar-refractivity contribution in [3.05, 3.63) is 96.3 Å². The first-order valence-corrected chi connectivity index (χ1v) is 12.3. The minimum absolute atomic E-state index is 0.0524. The predicted octanol–water partition coefficient (Wildman–Crippen LogP) is 3.38. The number of amides is 1. The van der Waals surface area contributed by atoms with Crippen molar-refractivity contribution < 1.29 is 13.2 Å². The van der Waals surface area contributed by atoms with E-state index in [-0.39, 0.29) is 30.3 Å². The summed E-state index contributed by atoms with van der Waals surface area (Å²) in [6, 6.07) is 25.1. The normalized spacial score (nSPS) is 17.3. The number of piperazine rings is 1. The molecule has 1 aliphatic rings. The number of hydrogen-bond donors (Lipinski definition) is 1. The average molecular weight is 461 g/mol. The molecule has 0 spiro atoms. The largest absolute Gasteiger partial charge is 0.340 e. The van der Waals surface area contributed by atoms with Gasteiger partial charge in [-0.15, -0.1) is 0 Å². The molecule has 2 heterocycles. The summed E-state index contributed by atoms with van der Waals surface area (Å²) in [5, 5.41) is 0. The van der Waals surface area contributed by atoms with Crippen LogP contribution in [0.3, 0.4) is 0 Å². The second-order valence-corrected chi connectivity index (χ2v) is 10.0. The van der Waals surface area contributed by atoms with E-state index in [0.717, 1.165) is 16.6 Å². The number of fused-ring (bicyclic) bond motifs is 1. The number of para-hydroxylation sites is 2. The number of rotatable bonds is 5. The van der Waals surface area contributed by atoms with Crippen molar-refractivity contribution in [2.75, 3.05) is 19.6 Å². The van der Waals surface area contributed by atoms with Gasteiger partial charge in [0, 0.05) is 19.6 Å². The lowest BCUT2D eigenvalue weighted by atomic mass is 10.1. The van der Waals surface area contributed by atoms with Gasteiger partial charge in [0.1, 0.15) is 11.9 Å². The fourth-order valence-corrected chi connectivity index (χ4v) is 5.71. The Bertz CT molecular complexity index is 1340. The van der Waals surface area contributed by atoms with Crippen LogP contribution in [-0.4, -0.2) is 53.1 Å². The molecule has 7 nitrogen and oxygen atoms in total. The van der Waals surface area contributed by atoms with Crippen LogP contribution in [0.2, 0.25) is 0 Å². The highest BCUT2D eigenvalue weighted by Gasteiger charge is 2.38. The van der Waals surface area contributed by atoms with Gasteiger partial charge in [-0.1, -0.05) is 60.7 Å². The minimum atomic E-state index is -3.69. The number of aromatic nitrogens is 2. The Hall–Kier alpha value is -3.49. The monoisotopic (exact) mass is 460 g/mol. The number of H-pyrrole nitrogens is 1. The van der Waals surface area contributed by atoms with Gasteiger partial charge in [0.15, 0.2) is 0 Å². The zero-order valence-electron chi connectivity index (χ0n) is 18.0. The Balaban J connectivity index is 1.48. The molecular formula is C25H24N4O3S. The van der Waals surface area contributed by atoms with Crippen LogP contribution in [0.15, 0.2) is 89.8 Å². The van der Waals surface area contributed by atoms with Crippen LogP contribution in [0, 0.1) is 0 Å². The molecule has 4 aromatic rings. The van der Waals surface area contributed by atoms with Gasteiger partial charge in [0.25, 0.3) is 0 Å². The van der Waals surface area contributed by atoms with Crippen molar-refractivity contribution in [2.45, 2.75) is 17.4 Å². The third-order valence-corrected chi connectivity index (χ3v) is 7.85. The fourth-order valence-electron chi connectivity index (χ4n) is 4.25. The van der Waals surface area contributed by atoms with Crippen LogP contribution < -0.4 is 0 Å². The molecule has 1 atom stereocenters. The van der Waals surface area contributed by atoms with Crippen LogP contribution in [-0.2, 0) is 21.2 Å². The number of hydrogen-bond acceptors (Lipinski definition) is 4. The van der Waals surface area contributed by atoms with Crippen LogP contribution >= 0.6 is 0 Å². The Morgan fingerprint density at radius 3 is 2.30 bits per heavy atom. The molecule has 3 aromatic carbocycles. The average Bonchev–Trinajstić information content (AvgIpc) is 3.29. The maximum atomic E-state index is 13.3. The molecule has 1 aliphatic heterocycles. The molecule has 1 fully saturated rings. The number of aromatic amines is 1. The molecule has 8 heteroatoms. The number of nitrogens with one attached hydrogen (secondary N) is 1. The number of carbonyl (C=O) groups is 1. The second-order valence-electron chi connectivity index (χ2n) is 8.08. The summed E-state index contributed by atoms with van der Waals surface area (Å²) in [6.07, 6.45) is 0.253. The number of benzene rings is 3. The molecule has 0 bridgehead atoms. The van der Waals surface area contributed by atoms with Gasteiger partial charge in [-0.2, -0.15) is 4.31 Å². The van der Waals surface area contributed by atoms with Crippen molar-refractivity contribution in [3.8, 4) is 0 Å². The summed E-state index contributed by atoms with van der Waals surface area (Å²) in [4.78, 5) is 23.3. The molecule has 5 rings (SSSR count). The number of sulfonamides is 1. The van der Waals surface area contributed by atoms with Crippen LogP contribution in [0.5, 0.6) is 0 Å². The van der Waals surface area contributed by atoms with Gasteiger partial charge in [0.05, 0.1) is 22.3 Å². The summed E-state index contributed by atoms with van der Waals surface area (Å²) in [6.45, 7) is 0.658. The van der Waals surface area contributed by atoms with Crippen molar-refractivity contribution in [1.29, 1.82) is 0 Å². The number of carbonyl (C=O) groups excluding carboxylic acids is 1. The van der Waals surface area contributed by atoms with E-state index in [1.54, 1.807) is 35.2 Å². The van der Waals surface area contributed by atoms with Gasteiger partial charge >= 0.3 is 0 Å². The highest BCUT2D eigenvalue weighted by molar-refractivity contribution is 7.89. The van der Waals surface area contributed by atoms with E-state index in [2.05, 4.69) is 4.98 Å². The smallest absolute Gasteiger partial charge is 0.243 e. The van der Waals surface area contributed by atoms with E-state index in [0.29, 0.717) is 12.4 Å². The first kappa shape index (κ1) is 21.4. The topological polar surface area (TPSA) is 86.4 Å². The standard InChI is InChI=1S/C25H24N4O3S/c30-24(17-19-9-3-1-4-10-19)29-16-15-28(33(31,32)20-11-5-2-6-12-20)18-23(29)25-26-21-13-7-8-14-22(21)27-25/h1-14,23H,15-18H2,(H,26,27). The molecule has 33 heavy (non-hydrogen) atoms. The zero-order chi connectivity index (χ0) is 22.8. The number of nitrogens with zero attached hydrogens (tertiary/aromatic N) is 3. The first-order chi connectivity index (χ1) is 16.0. The van der Waals surface area contributed by atoms with Crippen LogP contribution in [0.4, 0.5) is 0 Å². The van der Waals surface area contributed by atoms with E-state index in [9.17, 15) is 13.2 Å². The summed E-state index contributed by atoms with van der Waals surface area (Å²) in [7, 11) is -3.69. The van der Waals surface area contributed by atoms with E-state index < -0.39 is 16.1 Å². The van der Waals surface area contributed by atoms with E-state index >= 15 is 0 Å². The van der Waals surface area contributed by atoms with Gasteiger partial charge in [-0.3, -0.25) is 4.79 Å². The van der Waals surface area contributed by atoms with Crippen molar-refractivity contribution in [2.24, 2.45) is 0 Å². The molecule has 168 valence electrons. The fraction of sp³-hybridized carbons (Fsp3) is 0.200. The molecule has 0 saturated carbocycles. The molecular weight excluding hydrogens is 436 g/mol. The Labute approximate surface area is 192 Å². The van der Waals surface area contributed by atoms with Crippen molar-refractivity contribution >= 4 is 27.0 Å². The Kier molecular flexibility index (Phi) is 5.70. The molecule has 0 radical (unpaired) electrons. The van der Waals surface area contributed by atoms with Crippen molar-refractivity contribution in [3.63, 3.8) is 0 Å². The van der Waals surface area contributed by atoms with Gasteiger partial charge in [-0.05, 0) is 29.8 Å². The van der Waals surface area contributed by atoms with E-state index in [4.69, 9.17) is 4.98 Å². The zero-order valence-corrected chi connectivity index (χ0v) is 18.8. The van der Waals surface area contributed by atoms with E-state index in [1.165, 1.54) is 4.31 Å². The predicted molar refractivity (Wildman–Crippen MR) is 126 cm³/mol. The summed E-state index contributed by atoms with van der Waals surface area (Å²) in [5.74, 6) is 0.536. The third kappa shape index (κ3) is 4.27. The van der Waals surface area contributed by atoms with Gasteiger partial charge < -0.3 is 9.88 Å². The molecule has 1 amide bonds. The van der Waals surface area contributed by atoms with Gasteiger partial charge in [-0.25, -0.2) is 13.4 Å². The Morgan fingerprint density at radius 2 is 1.58 bits per heavy atom. The summed E-state index contributed by atoms with van der Waals surface area (Å²) in [5.41, 5.74) is 2.56. The first-order valence-electron chi connectivity index (χ1n) is 10.9. The molecule has 1 aromatic heterocycles. The Morgan fingerprint density at radius 1 is 0.909 bits per heavy atom. The summed E-state index contributed by atoms with van der Waals surface area (Å²) < 4.78 is 28.0. The maximum Gasteiger partial charge on any atom is 0.243 e. The van der Waals surface area contributed by atoms with Gasteiger partial charge in [0.2, 0.25) is 15.9 Å². The molecule has 0 aliphatic carbocycles. The number of imidazole rings is 1. The molecule has 1 N–H and O–H groups in total. The highest BCUT2D eigenvalue weighted by atomic mass is 32.2. The van der Waals surface area contributed by atoms with Crippen LogP contribution in [0.25, 0.3) is 11.0 Å².